The molecule has 0 fully saturated rings. The Balaban J connectivity index is 2.43. The van der Waals surface area contributed by atoms with Crippen molar-refractivity contribution in [3.05, 3.63) is 29.8 Å². The van der Waals surface area contributed by atoms with Crippen LogP contribution in [0.3, 0.4) is 0 Å². The van der Waals surface area contributed by atoms with Crippen LogP contribution >= 0.6 is 11.8 Å². The van der Waals surface area contributed by atoms with Crippen LogP contribution in [0.15, 0.2) is 29.2 Å². The SMILES string of the molecule is CC1(C)CC(O)c2ccccc2S1. The van der Waals surface area contributed by atoms with Gasteiger partial charge in [-0.25, -0.2) is 0 Å². The van der Waals surface area contributed by atoms with Gasteiger partial charge in [-0.2, -0.15) is 0 Å². The van der Waals surface area contributed by atoms with Gasteiger partial charge in [0.05, 0.1) is 6.10 Å². The molecule has 0 spiro atoms. The van der Waals surface area contributed by atoms with Crippen LogP contribution in [0.2, 0.25) is 0 Å². The zero-order valence-electron chi connectivity index (χ0n) is 7.95. The lowest BCUT2D eigenvalue weighted by Gasteiger charge is -2.33. The zero-order chi connectivity index (χ0) is 9.47. The van der Waals surface area contributed by atoms with Crippen LogP contribution in [0.4, 0.5) is 0 Å². The minimum Gasteiger partial charge on any atom is -0.388 e. The number of fused-ring (bicyclic) bond motifs is 1. The molecule has 1 aliphatic rings. The van der Waals surface area contributed by atoms with E-state index in [1.165, 1.54) is 4.90 Å². The number of thioether (sulfide) groups is 1. The first-order valence-corrected chi connectivity index (χ1v) is 5.36. The summed E-state index contributed by atoms with van der Waals surface area (Å²) in [5.74, 6) is 0. The van der Waals surface area contributed by atoms with E-state index < -0.39 is 0 Å². The van der Waals surface area contributed by atoms with Crippen molar-refractivity contribution in [2.75, 3.05) is 0 Å². The lowest BCUT2D eigenvalue weighted by Crippen LogP contribution is -2.23. The maximum atomic E-state index is 9.88. The van der Waals surface area contributed by atoms with Crippen LogP contribution in [-0.2, 0) is 0 Å². The average molecular weight is 194 g/mol. The predicted molar refractivity (Wildman–Crippen MR) is 56.0 cm³/mol. The molecule has 1 unspecified atom stereocenters. The second kappa shape index (κ2) is 3.03. The van der Waals surface area contributed by atoms with E-state index >= 15 is 0 Å². The Morgan fingerprint density at radius 3 is 2.85 bits per heavy atom. The molecule has 0 bridgehead atoms. The third-order valence-corrected chi connectivity index (χ3v) is 3.66. The summed E-state index contributed by atoms with van der Waals surface area (Å²) in [5, 5.41) is 9.88. The van der Waals surface area contributed by atoms with Crippen molar-refractivity contribution in [3.63, 3.8) is 0 Å². The molecule has 0 saturated heterocycles. The number of hydrogen-bond donors (Lipinski definition) is 1. The molecule has 2 rings (SSSR count). The van der Waals surface area contributed by atoms with Gasteiger partial charge in [-0.15, -0.1) is 11.8 Å². The van der Waals surface area contributed by atoms with E-state index in [-0.39, 0.29) is 10.9 Å². The maximum Gasteiger partial charge on any atom is 0.0814 e. The second-order valence-corrected chi connectivity index (χ2v) is 5.87. The van der Waals surface area contributed by atoms with E-state index in [4.69, 9.17) is 0 Å². The molecule has 1 heterocycles. The topological polar surface area (TPSA) is 20.2 Å². The van der Waals surface area contributed by atoms with Gasteiger partial charge >= 0.3 is 0 Å². The summed E-state index contributed by atoms with van der Waals surface area (Å²) >= 11 is 1.86. The maximum absolute atomic E-state index is 9.88. The van der Waals surface area contributed by atoms with Crippen molar-refractivity contribution < 1.29 is 5.11 Å². The summed E-state index contributed by atoms with van der Waals surface area (Å²) in [6, 6.07) is 8.12. The third-order valence-electron chi connectivity index (χ3n) is 2.35. The van der Waals surface area contributed by atoms with E-state index in [0.29, 0.717) is 0 Å². The smallest absolute Gasteiger partial charge is 0.0814 e. The summed E-state index contributed by atoms with van der Waals surface area (Å²) in [6.07, 6.45) is 0.557. The standard InChI is InChI=1S/C11H14OS/c1-11(2)7-9(12)8-5-3-4-6-10(8)13-11/h3-6,9,12H,7H2,1-2H3. The van der Waals surface area contributed by atoms with Gasteiger partial charge in [-0.1, -0.05) is 32.0 Å². The lowest BCUT2D eigenvalue weighted by molar-refractivity contribution is 0.151. The number of aliphatic hydroxyl groups is 1. The van der Waals surface area contributed by atoms with Gasteiger partial charge < -0.3 is 5.11 Å². The van der Waals surface area contributed by atoms with Crippen LogP contribution in [0, 0.1) is 0 Å². The van der Waals surface area contributed by atoms with E-state index in [2.05, 4.69) is 19.9 Å². The lowest BCUT2D eigenvalue weighted by atomic mass is 9.98. The summed E-state index contributed by atoms with van der Waals surface area (Å²) in [4.78, 5) is 1.23. The fourth-order valence-corrected chi connectivity index (χ4v) is 3.07. The molecule has 1 aromatic rings. The quantitative estimate of drug-likeness (QED) is 0.685. The molecule has 0 aliphatic carbocycles. The first kappa shape index (κ1) is 9.10. The van der Waals surface area contributed by atoms with Crippen LogP contribution in [0.25, 0.3) is 0 Å². The highest BCUT2D eigenvalue weighted by Crippen LogP contribution is 2.46. The minimum atomic E-state index is -0.285. The Morgan fingerprint density at radius 2 is 2.08 bits per heavy atom. The Labute approximate surface area is 83.2 Å². The molecule has 1 N–H and O–H groups in total. The molecular weight excluding hydrogens is 180 g/mol. The molecule has 1 atom stereocenters. The third kappa shape index (κ3) is 1.74. The van der Waals surface area contributed by atoms with Crippen molar-refractivity contribution in [1.29, 1.82) is 0 Å². The Bertz CT molecular complexity index is 320. The normalized spacial score (nSPS) is 25.3. The summed E-state index contributed by atoms with van der Waals surface area (Å²) in [7, 11) is 0. The highest BCUT2D eigenvalue weighted by atomic mass is 32.2. The molecule has 2 heteroatoms. The van der Waals surface area contributed by atoms with Gasteiger partial charge in [0.1, 0.15) is 0 Å². The van der Waals surface area contributed by atoms with Crippen molar-refractivity contribution in [2.45, 2.75) is 36.0 Å². The summed E-state index contributed by atoms with van der Waals surface area (Å²) in [5.41, 5.74) is 1.09. The number of aliphatic hydroxyl groups excluding tert-OH is 1. The molecule has 1 nitrogen and oxygen atoms in total. The van der Waals surface area contributed by atoms with Crippen LogP contribution < -0.4 is 0 Å². The Kier molecular flexibility index (Phi) is 2.12. The molecule has 0 saturated carbocycles. The van der Waals surface area contributed by atoms with Gasteiger partial charge in [0, 0.05) is 9.64 Å². The number of hydrogen-bond acceptors (Lipinski definition) is 2. The number of benzene rings is 1. The summed E-state index contributed by atoms with van der Waals surface area (Å²) < 4.78 is 0.160. The largest absolute Gasteiger partial charge is 0.388 e. The second-order valence-electron chi connectivity index (χ2n) is 4.12. The summed E-state index contributed by atoms with van der Waals surface area (Å²) in [6.45, 7) is 4.35. The van der Waals surface area contributed by atoms with E-state index in [1.807, 2.05) is 30.0 Å². The average Bonchev–Trinajstić information content (AvgIpc) is 2.02. The molecule has 1 aromatic carbocycles. The molecule has 0 aromatic heterocycles. The molecule has 70 valence electrons. The van der Waals surface area contributed by atoms with Gasteiger partial charge in [-0.3, -0.25) is 0 Å². The predicted octanol–water partition coefficient (Wildman–Crippen LogP) is 2.99. The van der Waals surface area contributed by atoms with E-state index in [9.17, 15) is 5.11 Å². The monoisotopic (exact) mass is 194 g/mol. The van der Waals surface area contributed by atoms with E-state index in [1.54, 1.807) is 0 Å². The molecular formula is C11H14OS. The van der Waals surface area contributed by atoms with Gasteiger partial charge in [0.2, 0.25) is 0 Å². The van der Waals surface area contributed by atoms with Crippen LogP contribution in [0.1, 0.15) is 31.9 Å². The Morgan fingerprint density at radius 1 is 1.38 bits per heavy atom. The van der Waals surface area contributed by atoms with Crippen LogP contribution in [0.5, 0.6) is 0 Å². The Hall–Kier alpha value is -0.470. The highest BCUT2D eigenvalue weighted by molar-refractivity contribution is 8.00. The van der Waals surface area contributed by atoms with Crippen molar-refractivity contribution in [1.82, 2.24) is 0 Å². The van der Waals surface area contributed by atoms with Gasteiger partial charge in [-0.05, 0) is 18.1 Å². The first-order chi connectivity index (χ1) is 6.08. The van der Waals surface area contributed by atoms with Crippen molar-refractivity contribution in [3.8, 4) is 0 Å². The number of rotatable bonds is 0. The fourth-order valence-electron chi connectivity index (χ4n) is 1.76. The van der Waals surface area contributed by atoms with Crippen molar-refractivity contribution in [2.24, 2.45) is 0 Å². The molecule has 1 aliphatic heterocycles. The minimum absolute atomic E-state index is 0.160. The van der Waals surface area contributed by atoms with Gasteiger partial charge in [0.25, 0.3) is 0 Å². The fraction of sp³-hybridized carbons (Fsp3) is 0.455. The highest BCUT2D eigenvalue weighted by Gasteiger charge is 2.31. The van der Waals surface area contributed by atoms with Crippen molar-refractivity contribution >= 4 is 11.8 Å². The zero-order valence-corrected chi connectivity index (χ0v) is 8.77. The van der Waals surface area contributed by atoms with Gasteiger partial charge in [0.15, 0.2) is 0 Å². The molecule has 0 amide bonds. The van der Waals surface area contributed by atoms with E-state index in [0.717, 1.165) is 12.0 Å². The molecule has 0 radical (unpaired) electrons. The molecule has 13 heavy (non-hydrogen) atoms. The van der Waals surface area contributed by atoms with Crippen LogP contribution in [-0.4, -0.2) is 9.85 Å². The first-order valence-electron chi connectivity index (χ1n) is 4.54.